The minimum absolute atomic E-state index is 0.0262. The number of rotatable bonds is 11. The fourth-order valence-electron chi connectivity index (χ4n) is 7.10. The number of H-pyrrole nitrogens is 2. The van der Waals surface area contributed by atoms with E-state index in [1.54, 1.807) is 6.20 Å². The molecule has 2 aliphatic heterocycles. The Hall–Kier alpha value is -5.75. The largest absolute Gasteiger partial charge is 0.453 e. The van der Waals surface area contributed by atoms with Crippen LogP contribution in [0, 0.1) is 23.7 Å². The van der Waals surface area contributed by atoms with Crippen molar-refractivity contribution in [3.8, 4) is 23.1 Å². The molecule has 2 fully saturated rings. The maximum Gasteiger partial charge on any atom is 0.407 e. The number of aliphatic imine (C=N–C) groups is 1. The molecule has 3 amide bonds. The molecule has 290 valence electrons. The van der Waals surface area contributed by atoms with Gasteiger partial charge in [0.1, 0.15) is 29.9 Å². The number of ether oxygens (including phenoxy) is 1. The normalized spacial score (nSPS) is 19.5. The number of benzene rings is 2. The molecule has 5 atom stereocenters. The molecule has 4 aromatic rings. The Morgan fingerprint density at radius 1 is 0.964 bits per heavy atom. The Balaban J connectivity index is 1.13. The number of hydrogen-bond acceptors (Lipinski definition) is 9. The van der Waals surface area contributed by atoms with Gasteiger partial charge in [-0.25, -0.2) is 24.1 Å². The minimum Gasteiger partial charge on any atom is -0.453 e. The van der Waals surface area contributed by atoms with Crippen LogP contribution in [0.15, 0.2) is 53.7 Å². The van der Waals surface area contributed by atoms with E-state index in [1.807, 2.05) is 75.1 Å². The average Bonchev–Trinajstić information content (AvgIpc) is 4.00. The van der Waals surface area contributed by atoms with Crippen LogP contribution in [0.25, 0.3) is 22.3 Å². The van der Waals surface area contributed by atoms with Crippen molar-refractivity contribution in [1.29, 1.82) is 0 Å². The number of nitrogens with zero attached hydrogens (tertiary/aromatic N) is 5. The summed E-state index contributed by atoms with van der Waals surface area (Å²) < 4.78 is 19.5. The maximum absolute atomic E-state index is 14.8. The van der Waals surface area contributed by atoms with Crippen molar-refractivity contribution in [3.63, 3.8) is 0 Å². The van der Waals surface area contributed by atoms with E-state index in [0.717, 1.165) is 41.1 Å². The van der Waals surface area contributed by atoms with Gasteiger partial charge in [-0.1, -0.05) is 51.7 Å². The number of aromatic nitrogens is 4. The zero-order chi connectivity index (χ0) is 39.2. The van der Waals surface area contributed by atoms with Gasteiger partial charge in [-0.2, -0.15) is 4.89 Å². The molecule has 0 unspecified atom stereocenters. The molecule has 15 heteroatoms. The summed E-state index contributed by atoms with van der Waals surface area (Å²) in [5.74, 6) is 6.90. The second-order valence-electron chi connectivity index (χ2n) is 14.5. The van der Waals surface area contributed by atoms with E-state index < -0.39 is 30.4 Å². The highest BCUT2D eigenvalue weighted by molar-refractivity contribution is 5.87. The van der Waals surface area contributed by atoms with Crippen LogP contribution < -0.4 is 5.32 Å². The molecule has 2 aliphatic rings. The number of methoxy groups -OCH3 is 1. The van der Waals surface area contributed by atoms with Crippen molar-refractivity contribution in [3.05, 3.63) is 71.4 Å². The predicted molar refractivity (Wildman–Crippen MR) is 203 cm³/mol. The van der Waals surface area contributed by atoms with Gasteiger partial charge < -0.3 is 34.7 Å². The second-order valence-corrected chi connectivity index (χ2v) is 14.5. The third kappa shape index (κ3) is 8.81. The van der Waals surface area contributed by atoms with E-state index in [1.165, 1.54) is 25.5 Å². The van der Waals surface area contributed by atoms with Crippen LogP contribution in [0.3, 0.4) is 0 Å². The first-order valence-electron chi connectivity index (χ1n) is 18.4. The Morgan fingerprint density at radius 3 is 2.42 bits per heavy atom. The molecule has 3 N–H and O–H groups in total. The van der Waals surface area contributed by atoms with Crippen molar-refractivity contribution >= 4 is 35.3 Å². The zero-order valence-electron chi connectivity index (χ0n) is 31.8. The zero-order valence-corrected chi connectivity index (χ0v) is 31.8. The molecule has 0 radical (unpaired) electrons. The van der Waals surface area contributed by atoms with Crippen LogP contribution in [0.4, 0.5) is 9.18 Å². The van der Waals surface area contributed by atoms with Crippen molar-refractivity contribution < 1.29 is 33.3 Å². The molecule has 2 aromatic carbocycles. The first-order chi connectivity index (χ1) is 26.5. The highest BCUT2D eigenvalue weighted by Gasteiger charge is 2.42. The first-order valence-corrected chi connectivity index (χ1v) is 18.4. The number of alkyl carbamates (subject to hydrolysis) is 1. The molecule has 4 heterocycles. The molecule has 0 bridgehead atoms. The lowest BCUT2D eigenvalue weighted by Gasteiger charge is -2.29. The summed E-state index contributed by atoms with van der Waals surface area (Å²) in [6.07, 6.45) is 2.76. The summed E-state index contributed by atoms with van der Waals surface area (Å²) in [6.45, 7) is 8.04. The van der Waals surface area contributed by atoms with Crippen LogP contribution in [-0.4, -0.2) is 99.6 Å². The molecule has 0 spiro atoms. The maximum atomic E-state index is 14.8. The van der Waals surface area contributed by atoms with Gasteiger partial charge in [0.15, 0.2) is 0 Å². The molecular weight excluding hydrogens is 707 g/mol. The predicted octanol–water partition coefficient (Wildman–Crippen LogP) is 5.64. The van der Waals surface area contributed by atoms with Crippen LogP contribution in [0.5, 0.6) is 0 Å². The highest BCUT2D eigenvalue weighted by Crippen LogP contribution is 2.35. The van der Waals surface area contributed by atoms with Gasteiger partial charge in [0.05, 0.1) is 55.8 Å². The van der Waals surface area contributed by atoms with Crippen molar-refractivity contribution in [2.45, 2.75) is 77.3 Å². The van der Waals surface area contributed by atoms with E-state index in [4.69, 9.17) is 14.6 Å². The lowest BCUT2D eigenvalue weighted by atomic mass is 10.0. The number of imidazole rings is 2. The van der Waals surface area contributed by atoms with Crippen molar-refractivity contribution in [1.82, 2.24) is 35.1 Å². The van der Waals surface area contributed by atoms with Gasteiger partial charge in [0, 0.05) is 24.1 Å². The van der Waals surface area contributed by atoms with Gasteiger partial charge in [0.2, 0.25) is 18.2 Å². The SMILES string of the molecule is COOC=N[C@H](C(=O)N1CCC[C@H]1c1ncc(-c2ccc(C#Cc3ccc4nc([C@@H]5C[C@H](F)CN5C(=O)[C@@H](NC(=O)OC)C(C)C)[nH]c4c3)cc2)[nH]1)C(C)C. The standard InChI is InChI=1S/C40H47FN8O6/c1-23(2)34(43-22-55-54-6)38(50)48-17-7-8-32(48)36-42-20-31(46-36)27-14-11-25(12-15-27)9-10-26-13-16-29-30(18-26)45-37(44-29)33-19-28(41)21-49(33)39(51)35(24(3)4)47-40(52)53-5/h11-16,18,20,22-24,28,32-35H,7-8,17,19,21H2,1-6H3,(H,42,46)(H,44,45)(H,47,52)/t28-,32-,33-,34-,35-/m0/s1. The quantitative estimate of drug-likeness (QED) is 0.0582. The molecule has 14 nitrogen and oxygen atoms in total. The number of hydrogen-bond donors (Lipinski definition) is 3. The minimum atomic E-state index is -1.23. The van der Waals surface area contributed by atoms with Gasteiger partial charge in [-0.05, 0) is 60.6 Å². The Kier molecular flexibility index (Phi) is 12.1. The van der Waals surface area contributed by atoms with Crippen LogP contribution >= 0.6 is 0 Å². The fraction of sp³-hybridized carbons (Fsp3) is 0.450. The van der Waals surface area contributed by atoms with E-state index in [0.29, 0.717) is 23.4 Å². The third-order valence-electron chi connectivity index (χ3n) is 9.98. The molecule has 2 aromatic heterocycles. The van der Waals surface area contributed by atoms with E-state index in [9.17, 15) is 18.8 Å². The van der Waals surface area contributed by atoms with E-state index >= 15 is 0 Å². The van der Waals surface area contributed by atoms with Crippen LogP contribution in [0.1, 0.15) is 81.8 Å². The lowest BCUT2D eigenvalue weighted by molar-refractivity contribution is -0.188. The summed E-state index contributed by atoms with van der Waals surface area (Å²) in [7, 11) is 2.61. The average molecular weight is 755 g/mol. The number of carbonyl (C=O) groups is 3. The lowest BCUT2D eigenvalue weighted by Crippen LogP contribution is -2.51. The van der Waals surface area contributed by atoms with Crippen molar-refractivity contribution in [2.75, 3.05) is 27.3 Å². The van der Waals surface area contributed by atoms with Crippen molar-refractivity contribution in [2.24, 2.45) is 16.8 Å². The molecule has 0 aliphatic carbocycles. The summed E-state index contributed by atoms with van der Waals surface area (Å²) in [5, 5.41) is 2.58. The molecule has 55 heavy (non-hydrogen) atoms. The smallest absolute Gasteiger partial charge is 0.407 e. The summed E-state index contributed by atoms with van der Waals surface area (Å²) >= 11 is 0. The number of aromatic amines is 2. The van der Waals surface area contributed by atoms with Crippen LogP contribution in [-0.2, 0) is 24.1 Å². The monoisotopic (exact) mass is 754 g/mol. The number of halogens is 1. The molecule has 6 rings (SSSR count). The topological polar surface area (TPSA) is 167 Å². The number of fused-ring (bicyclic) bond motifs is 1. The molecular formula is C40H47FN8O6. The number of carbonyl (C=O) groups excluding carboxylic acids is 3. The Labute approximate surface area is 319 Å². The van der Waals surface area contributed by atoms with Gasteiger partial charge in [-0.15, -0.1) is 0 Å². The Morgan fingerprint density at radius 2 is 1.71 bits per heavy atom. The van der Waals surface area contributed by atoms with Gasteiger partial charge >= 0.3 is 6.09 Å². The second kappa shape index (κ2) is 17.2. The number of amides is 3. The summed E-state index contributed by atoms with van der Waals surface area (Å²) in [4.78, 5) is 71.9. The van der Waals surface area contributed by atoms with Gasteiger partial charge in [0.25, 0.3) is 0 Å². The van der Waals surface area contributed by atoms with E-state index in [2.05, 4.69) is 42.0 Å². The molecule has 2 saturated heterocycles. The first kappa shape index (κ1) is 39.0. The summed E-state index contributed by atoms with van der Waals surface area (Å²) in [5.41, 5.74) is 4.72. The fourth-order valence-corrected chi connectivity index (χ4v) is 7.10. The molecule has 0 saturated carbocycles. The number of likely N-dealkylation sites (tertiary alicyclic amines) is 2. The Bertz CT molecular complexity index is 2080. The summed E-state index contributed by atoms with van der Waals surface area (Å²) in [6, 6.07) is 11.1. The number of nitrogens with one attached hydrogen (secondary N) is 3. The highest BCUT2D eigenvalue weighted by atomic mass is 19.1. The van der Waals surface area contributed by atoms with E-state index in [-0.39, 0.29) is 42.7 Å². The number of alkyl halides is 1. The van der Waals surface area contributed by atoms with Crippen LogP contribution in [0.2, 0.25) is 0 Å². The van der Waals surface area contributed by atoms with Gasteiger partial charge in [-0.3, -0.25) is 9.59 Å². The third-order valence-corrected chi connectivity index (χ3v) is 9.98.